The molecule has 0 bridgehead atoms. The molecule has 1 atom stereocenters. The zero-order valence-corrected chi connectivity index (χ0v) is 14.1. The summed E-state index contributed by atoms with van der Waals surface area (Å²) in [7, 11) is 0. The standard InChI is InChI=1S/C19H22N4O2/c20-18-10-9-15(21-22-18)16-5-3-11-23(16)19(24)14-4-1-2-6-17(14)25-12-13-7-8-13/h1-2,4,6,9-10,13,16H,3,5,7-8,11-12H2,(H2,20,22). The topological polar surface area (TPSA) is 81.3 Å². The molecule has 2 heterocycles. The highest BCUT2D eigenvalue weighted by molar-refractivity contribution is 5.97. The largest absolute Gasteiger partial charge is 0.492 e. The van der Waals surface area contributed by atoms with E-state index in [1.807, 2.05) is 35.2 Å². The number of amides is 1. The molecule has 2 fully saturated rings. The monoisotopic (exact) mass is 338 g/mol. The lowest BCUT2D eigenvalue weighted by molar-refractivity contribution is 0.0727. The molecule has 1 unspecified atom stereocenters. The molecule has 6 nitrogen and oxygen atoms in total. The first-order chi connectivity index (χ1) is 12.2. The minimum absolute atomic E-state index is 0.00692. The van der Waals surface area contributed by atoms with Gasteiger partial charge in [-0.25, -0.2) is 0 Å². The molecule has 0 spiro atoms. The maximum atomic E-state index is 13.2. The molecule has 25 heavy (non-hydrogen) atoms. The van der Waals surface area contributed by atoms with E-state index in [0.717, 1.165) is 18.5 Å². The Hall–Kier alpha value is -2.63. The number of carbonyl (C=O) groups excluding carboxylic acids is 1. The Labute approximate surface area is 147 Å². The van der Waals surface area contributed by atoms with Gasteiger partial charge in [-0.1, -0.05) is 12.1 Å². The Kier molecular flexibility index (Phi) is 4.26. The summed E-state index contributed by atoms with van der Waals surface area (Å²) >= 11 is 0. The smallest absolute Gasteiger partial charge is 0.258 e. The van der Waals surface area contributed by atoms with E-state index >= 15 is 0 Å². The summed E-state index contributed by atoms with van der Waals surface area (Å²) < 4.78 is 5.91. The molecule has 1 aromatic heterocycles. The van der Waals surface area contributed by atoms with Gasteiger partial charge in [0.2, 0.25) is 0 Å². The summed E-state index contributed by atoms with van der Waals surface area (Å²) in [5.41, 5.74) is 7.03. The van der Waals surface area contributed by atoms with Gasteiger partial charge in [-0.2, -0.15) is 5.10 Å². The van der Waals surface area contributed by atoms with Crippen molar-refractivity contribution in [3.63, 3.8) is 0 Å². The second kappa shape index (κ2) is 6.70. The fraction of sp³-hybridized carbons (Fsp3) is 0.421. The van der Waals surface area contributed by atoms with Crippen molar-refractivity contribution < 1.29 is 9.53 Å². The van der Waals surface area contributed by atoms with Crippen LogP contribution in [0.25, 0.3) is 0 Å². The maximum absolute atomic E-state index is 13.2. The Bertz CT molecular complexity index is 758. The number of likely N-dealkylation sites (tertiary alicyclic amines) is 1. The van der Waals surface area contributed by atoms with Crippen molar-refractivity contribution in [2.24, 2.45) is 5.92 Å². The summed E-state index contributed by atoms with van der Waals surface area (Å²) in [6.07, 6.45) is 4.28. The quantitative estimate of drug-likeness (QED) is 0.906. The highest BCUT2D eigenvalue weighted by Gasteiger charge is 2.33. The number of ether oxygens (including phenoxy) is 1. The third-order valence-corrected chi connectivity index (χ3v) is 4.85. The van der Waals surface area contributed by atoms with E-state index in [-0.39, 0.29) is 11.9 Å². The molecular weight excluding hydrogens is 316 g/mol. The molecule has 6 heteroatoms. The van der Waals surface area contributed by atoms with Gasteiger partial charge >= 0.3 is 0 Å². The lowest BCUT2D eigenvalue weighted by atomic mass is 10.1. The molecule has 1 aromatic carbocycles. The zero-order valence-electron chi connectivity index (χ0n) is 14.1. The van der Waals surface area contributed by atoms with Gasteiger partial charge in [0, 0.05) is 6.54 Å². The van der Waals surface area contributed by atoms with Crippen LogP contribution in [0.3, 0.4) is 0 Å². The molecule has 1 aliphatic heterocycles. The van der Waals surface area contributed by atoms with Gasteiger partial charge in [0.25, 0.3) is 5.91 Å². The predicted molar refractivity (Wildman–Crippen MR) is 94.1 cm³/mol. The highest BCUT2D eigenvalue weighted by Crippen LogP contribution is 2.34. The number of hydrogen-bond donors (Lipinski definition) is 1. The first kappa shape index (κ1) is 15.9. The second-order valence-corrected chi connectivity index (χ2v) is 6.79. The number of para-hydroxylation sites is 1. The fourth-order valence-corrected chi connectivity index (χ4v) is 3.26. The normalized spacial score (nSPS) is 19.8. The van der Waals surface area contributed by atoms with Gasteiger partial charge in [0.1, 0.15) is 11.6 Å². The van der Waals surface area contributed by atoms with Gasteiger partial charge in [0.15, 0.2) is 0 Å². The number of rotatable bonds is 5. The van der Waals surface area contributed by atoms with Crippen molar-refractivity contribution in [3.8, 4) is 5.75 Å². The molecule has 2 aliphatic rings. The SMILES string of the molecule is Nc1ccc(C2CCCN2C(=O)c2ccccc2OCC2CC2)nn1. The van der Waals surface area contributed by atoms with Gasteiger partial charge in [-0.3, -0.25) is 4.79 Å². The summed E-state index contributed by atoms with van der Waals surface area (Å²) in [5.74, 6) is 1.70. The molecular formula is C19H22N4O2. The molecule has 1 saturated heterocycles. The van der Waals surface area contributed by atoms with Crippen molar-refractivity contribution in [1.82, 2.24) is 15.1 Å². The number of aromatic nitrogens is 2. The van der Waals surface area contributed by atoms with E-state index in [2.05, 4.69) is 10.2 Å². The first-order valence-corrected chi connectivity index (χ1v) is 8.84. The number of carbonyl (C=O) groups is 1. The van der Waals surface area contributed by atoms with Crippen molar-refractivity contribution in [2.45, 2.75) is 31.7 Å². The minimum atomic E-state index is -0.0583. The van der Waals surface area contributed by atoms with E-state index in [0.29, 0.717) is 36.2 Å². The van der Waals surface area contributed by atoms with Crippen molar-refractivity contribution in [2.75, 3.05) is 18.9 Å². The summed E-state index contributed by atoms with van der Waals surface area (Å²) in [6, 6.07) is 11.0. The fourth-order valence-electron chi connectivity index (χ4n) is 3.26. The van der Waals surface area contributed by atoms with Crippen LogP contribution in [0.4, 0.5) is 5.82 Å². The Morgan fingerprint density at radius 2 is 2.00 bits per heavy atom. The van der Waals surface area contributed by atoms with Crippen molar-refractivity contribution in [1.29, 1.82) is 0 Å². The molecule has 4 rings (SSSR count). The lowest BCUT2D eigenvalue weighted by Crippen LogP contribution is -2.31. The van der Waals surface area contributed by atoms with E-state index < -0.39 is 0 Å². The van der Waals surface area contributed by atoms with Crippen LogP contribution in [0.1, 0.15) is 47.8 Å². The number of anilines is 1. The van der Waals surface area contributed by atoms with Crippen LogP contribution >= 0.6 is 0 Å². The van der Waals surface area contributed by atoms with Gasteiger partial charge < -0.3 is 15.4 Å². The molecule has 130 valence electrons. The summed E-state index contributed by atoms with van der Waals surface area (Å²) in [4.78, 5) is 15.0. The second-order valence-electron chi connectivity index (χ2n) is 6.79. The predicted octanol–water partition coefficient (Wildman–Crippen LogP) is 2.82. The van der Waals surface area contributed by atoms with Gasteiger partial charge in [-0.15, -0.1) is 5.10 Å². The Morgan fingerprint density at radius 1 is 1.16 bits per heavy atom. The average molecular weight is 338 g/mol. The van der Waals surface area contributed by atoms with Crippen LogP contribution in [0.5, 0.6) is 5.75 Å². The zero-order chi connectivity index (χ0) is 17.2. The van der Waals surface area contributed by atoms with Crippen LogP contribution in [-0.2, 0) is 0 Å². The van der Waals surface area contributed by atoms with E-state index in [9.17, 15) is 4.79 Å². The summed E-state index contributed by atoms with van der Waals surface area (Å²) in [6.45, 7) is 1.41. The number of benzene rings is 1. The number of nitrogens with two attached hydrogens (primary N) is 1. The number of nitrogens with zero attached hydrogens (tertiary/aromatic N) is 3. The lowest BCUT2D eigenvalue weighted by Gasteiger charge is -2.25. The molecule has 1 amide bonds. The third kappa shape index (κ3) is 3.43. The molecule has 1 aliphatic carbocycles. The van der Waals surface area contributed by atoms with Crippen LogP contribution < -0.4 is 10.5 Å². The minimum Gasteiger partial charge on any atom is -0.492 e. The molecule has 2 aromatic rings. The maximum Gasteiger partial charge on any atom is 0.258 e. The molecule has 2 N–H and O–H groups in total. The van der Waals surface area contributed by atoms with Crippen molar-refractivity contribution >= 4 is 11.7 Å². The number of nitrogen functional groups attached to an aromatic ring is 1. The van der Waals surface area contributed by atoms with Gasteiger partial charge in [0.05, 0.1) is 23.9 Å². The average Bonchev–Trinajstić information content (AvgIpc) is 3.35. The van der Waals surface area contributed by atoms with Crippen LogP contribution in [0, 0.1) is 5.92 Å². The van der Waals surface area contributed by atoms with E-state index in [1.54, 1.807) is 6.07 Å². The Morgan fingerprint density at radius 3 is 2.76 bits per heavy atom. The highest BCUT2D eigenvalue weighted by atomic mass is 16.5. The Balaban J connectivity index is 1.56. The van der Waals surface area contributed by atoms with Crippen molar-refractivity contribution in [3.05, 3.63) is 47.7 Å². The molecule has 1 saturated carbocycles. The van der Waals surface area contributed by atoms with E-state index in [4.69, 9.17) is 10.5 Å². The van der Waals surface area contributed by atoms with Gasteiger partial charge in [-0.05, 0) is 55.9 Å². The first-order valence-electron chi connectivity index (χ1n) is 8.84. The number of hydrogen-bond acceptors (Lipinski definition) is 5. The third-order valence-electron chi connectivity index (χ3n) is 4.85. The van der Waals surface area contributed by atoms with Crippen LogP contribution in [0.2, 0.25) is 0 Å². The van der Waals surface area contributed by atoms with Crippen LogP contribution in [0.15, 0.2) is 36.4 Å². The summed E-state index contributed by atoms with van der Waals surface area (Å²) in [5, 5.41) is 8.11. The van der Waals surface area contributed by atoms with Crippen LogP contribution in [-0.4, -0.2) is 34.2 Å². The molecule has 0 radical (unpaired) electrons. The van der Waals surface area contributed by atoms with E-state index in [1.165, 1.54) is 12.8 Å².